The van der Waals surface area contributed by atoms with Gasteiger partial charge in [0.15, 0.2) is 0 Å². The molecule has 0 aromatic heterocycles. The van der Waals surface area contributed by atoms with Gasteiger partial charge < -0.3 is 0 Å². The second kappa shape index (κ2) is 11.1. The standard InChI is InChI=1S/C11H22.H2O4S/c1-4-7-9-11(6-3)10-8-5-2;1-5(2,3)4/h6H,4-5,7-10H2,1-3H3;(H2,1,2,3,4). The summed E-state index contributed by atoms with van der Waals surface area (Å²) < 4.78 is 31.6. The lowest BCUT2D eigenvalue weighted by Gasteiger charge is -2.03. The first-order valence-corrected chi connectivity index (χ1v) is 7.08. The Morgan fingerprint density at radius 3 is 1.56 bits per heavy atom. The Hall–Kier alpha value is -0.390. The molecule has 0 aromatic carbocycles. The highest BCUT2D eigenvalue weighted by Gasteiger charge is 1.94. The van der Waals surface area contributed by atoms with Gasteiger partial charge in [-0.15, -0.1) is 0 Å². The maximum atomic E-state index is 8.74. The fourth-order valence-corrected chi connectivity index (χ4v) is 1.22. The van der Waals surface area contributed by atoms with Gasteiger partial charge in [0.25, 0.3) is 0 Å². The third kappa shape index (κ3) is 23.4. The molecule has 0 aliphatic heterocycles. The first-order valence-electron chi connectivity index (χ1n) is 5.69. The smallest absolute Gasteiger partial charge is 0.264 e. The van der Waals surface area contributed by atoms with Crippen LogP contribution in [0.3, 0.4) is 0 Å². The van der Waals surface area contributed by atoms with Crippen molar-refractivity contribution in [3.63, 3.8) is 0 Å². The van der Waals surface area contributed by atoms with Crippen LogP contribution in [0, 0.1) is 0 Å². The molecular weight excluding hydrogens is 228 g/mol. The molecule has 0 saturated carbocycles. The molecule has 0 aliphatic carbocycles. The van der Waals surface area contributed by atoms with Crippen LogP contribution in [0.15, 0.2) is 11.6 Å². The fourth-order valence-electron chi connectivity index (χ4n) is 1.22. The molecule has 0 amide bonds. The van der Waals surface area contributed by atoms with E-state index in [-0.39, 0.29) is 0 Å². The topological polar surface area (TPSA) is 74.6 Å². The number of allylic oxidation sites excluding steroid dienone is 2. The third-order valence-electron chi connectivity index (χ3n) is 2.11. The summed E-state index contributed by atoms with van der Waals surface area (Å²) in [6.45, 7) is 6.68. The summed E-state index contributed by atoms with van der Waals surface area (Å²) in [5.41, 5.74) is 1.66. The minimum absolute atomic E-state index is 1.32. The van der Waals surface area contributed by atoms with Crippen LogP contribution in [0.2, 0.25) is 0 Å². The van der Waals surface area contributed by atoms with E-state index in [9.17, 15) is 0 Å². The second-order valence-corrected chi connectivity index (χ2v) is 4.50. The number of hydrogen-bond acceptors (Lipinski definition) is 2. The van der Waals surface area contributed by atoms with E-state index in [0.717, 1.165) is 0 Å². The molecule has 0 aromatic rings. The van der Waals surface area contributed by atoms with Gasteiger partial charge in [0, 0.05) is 0 Å². The lowest BCUT2D eigenvalue weighted by atomic mass is 10.0. The molecule has 4 nitrogen and oxygen atoms in total. The van der Waals surface area contributed by atoms with E-state index in [2.05, 4.69) is 26.8 Å². The molecule has 0 aliphatic rings. The summed E-state index contributed by atoms with van der Waals surface area (Å²) in [7, 11) is -4.67. The molecule has 0 atom stereocenters. The Balaban J connectivity index is 0. The highest BCUT2D eigenvalue weighted by Crippen LogP contribution is 2.14. The lowest BCUT2D eigenvalue weighted by Crippen LogP contribution is -1.89. The molecule has 0 unspecified atom stereocenters. The Bertz CT molecular complexity index is 250. The molecule has 0 radical (unpaired) electrons. The van der Waals surface area contributed by atoms with Crippen molar-refractivity contribution in [1.82, 2.24) is 0 Å². The molecule has 16 heavy (non-hydrogen) atoms. The van der Waals surface area contributed by atoms with Crippen LogP contribution < -0.4 is 0 Å². The molecule has 0 heterocycles. The van der Waals surface area contributed by atoms with Gasteiger partial charge in [-0.2, -0.15) is 8.42 Å². The van der Waals surface area contributed by atoms with Crippen molar-refractivity contribution in [2.45, 2.75) is 59.3 Å². The summed E-state index contributed by atoms with van der Waals surface area (Å²) in [6, 6.07) is 0. The average Bonchev–Trinajstić information content (AvgIpc) is 2.16. The number of unbranched alkanes of at least 4 members (excludes halogenated alkanes) is 2. The van der Waals surface area contributed by atoms with Gasteiger partial charge in [0.05, 0.1) is 0 Å². The Kier molecular flexibility index (Phi) is 12.5. The number of hydrogen-bond donors (Lipinski definition) is 2. The van der Waals surface area contributed by atoms with Crippen LogP contribution >= 0.6 is 0 Å². The molecule has 2 N–H and O–H groups in total. The quantitative estimate of drug-likeness (QED) is 0.559. The molecule has 5 heteroatoms. The van der Waals surface area contributed by atoms with Crippen LogP contribution in [-0.4, -0.2) is 17.5 Å². The summed E-state index contributed by atoms with van der Waals surface area (Å²) >= 11 is 0. The van der Waals surface area contributed by atoms with Crippen molar-refractivity contribution < 1.29 is 17.5 Å². The van der Waals surface area contributed by atoms with Crippen molar-refractivity contribution in [2.75, 3.05) is 0 Å². The van der Waals surface area contributed by atoms with Crippen molar-refractivity contribution in [2.24, 2.45) is 0 Å². The van der Waals surface area contributed by atoms with Gasteiger partial charge in [0.2, 0.25) is 0 Å². The normalized spacial score (nSPS) is 10.3. The Morgan fingerprint density at radius 1 is 1.06 bits per heavy atom. The highest BCUT2D eigenvalue weighted by molar-refractivity contribution is 7.79. The lowest BCUT2D eigenvalue weighted by molar-refractivity contribution is 0.381. The Morgan fingerprint density at radius 2 is 1.38 bits per heavy atom. The zero-order valence-corrected chi connectivity index (χ0v) is 11.3. The molecule has 98 valence electrons. The SMILES string of the molecule is CC=C(CCCC)CCCC.O=S(=O)(O)O. The highest BCUT2D eigenvalue weighted by atomic mass is 32.3. The summed E-state index contributed by atoms with van der Waals surface area (Å²) in [6.07, 6.45) is 10.3. The van der Waals surface area contributed by atoms with Crippen molar-refractivity contribution in [1.29, 1.82) is 0 Å². The molecule has 0 bridgehead atoms. The Labute approximate surface area is 99.3 Å². The van der Waals surface area contributed by atoms with Gasteiger partial charge >= 0.3 is 10.4 Å². The predicted molar refractivity (Wildman–Crippen MR) is 67.0 cm³/mol. The third-order valence-corrected chi connectivity index (χ3v) is 2.11. The first-order chi connectivity index (χ1) is 7.35. The van der Waals surface area contributed by atoms with E-state index >= 15 is 0 Å². The summed E-state index contributed by atoms with van der Waals surface area (Å²) in [5.74, 6) is 0. The maximum Gasteiger partial charge on any atom is 0.394 e. The van der Waals surface area contributed by atoms with E-state index in [4.69, 9.17) is 17.5 Å². The van der Waals surface area contributed by atoms with E-state index in [0.29, 0.717) is 0 Å². The monoisotopic (exact) mass is 252 g/mol. The zero-order chi connectivity index (χ0) is 13.0. The first kappa shape index (κ1) is 18.0. The van der Waals surface area contributed by atoms with Crippen LogP contribution in [0.1, 0.15) is 59.3 Å². The molecule has 0 fully saturated rings. The van der Waals surface area contributed by atoms with Gasteiger partial charge in [-0.3, -0.25) is 9.11 Å². The average molecular weight is 252 g/mol. The largest absolute Gasteiger partial charge is 0.394 e. The van der Waals surface area contributed by atoms with E-state index < -0.39 is 10.4 Å². The summed E-state index contributed by atoms with van der Waals surface area (Å²) in [4.78, 5) is 0. The van der Waals surface area contributed by atoms with E-state index in [1.54, 1.807) is 5.57 Å². The van der Waals surface area contributed by atoms with Crippen LogP contribution in [0.5, 0.6) is 0 Å². The molecular formula is C11H24O4S. The van der Waals surface area contributed by atoms with Gasteiger partial charge in [-0.25, -0.2) is 0 Å². The van der Waals surface area contributed by atoms with Crippen molar-refractivity contribution in [3.8, 4) is 0 Å². The number of rotatable bonds is 6. The molecule has 0 saturated heterocycles. The minimum atomic E-state index is -4.67. The zero-order valence-electron chi connectivity index (χ0n) is 10.4. The van der Waals surface area contributed by atoms with Crippen LogP contribution in [0.25, 0.3) is 0 Å². The molecule has 0 spiro atoms. The van der Waals surface area contributed by atoms with Gasteiger partial charge in [-0.05, 0) is 32.6 Å². The predicted octanol–water partition coefficient (Wildman–Crippen LogP) is 3.66. The second-order valence-electron chi connectivity index (χ2n) is 3.60. The van der Waals surface area contributed by atoms with Crippen molar-refractivity contribution >= 4 is 10.4 Å². The minimum Gasteiger partial charge on any atom is -0.264 e. The maximum absolute atomic E-state index is 8.74. The fraction of sp³-hybridized carbons (Fsp3) is 0.818. The van der Waals surface area contributed by atoms with E-state index in [1.165, 1.54) is 38.5 Å². The van der Waals surface area contributed by atoms with Gasteiger partial charge in [0.1, 0.15) is 0 Å². The van der Waals surface area contributed by atoms with E-state index in [1.807, 2.05) is 0 Å². The van der Waals surface area contributed by atoms with Crippen LogP contribution in [0.4, 0.5) is 0 Å². The van der Waals surface area contributed by atoms with Gasteiger partial charge in [-0.1, -0.05) is 38.3 Å². The van der Waals surface area contributed by atoms with Crippen molar-refractivity contribution in [3.05, 3.63) is 11.6 Å². The molecule has 0 rings (SSSR count). The van der Waals surface area contributed by atoms with Crippen LogP contribution in [-0.2, 0) is 10.4 Å². The summed E-state index contributed by atoms with van der Waals surface area (Å²) in [5, 5.41) is 0.